The van der Waals surface area contributed by atoms with Gasteiger partial charge in [-0.05, 0) is 16.5 Å². The van der Waals surface area contributed by atoms with Crippen LogP contribution < -0.4 is 10.6 Å². The van der Waals surface area contributed by atoms with Crippen molar-refractivity contribution in [2.45, 2.75) is 180 Å². The quantitative estimate of drug-likeness (QED) is 0.0521. The number of carboxylic acid groups (broad SMARTS) is 2. The summed E-state index contributed by atoms with van der Waals surface area (Å²) in [5.74, 6) is -12.6. The Balaban J connectivity index is 1.34. The highest BCUT2D eigenvalue weighted by atomic mass is 16.8. The molecule has 0 bridgehead atoms. The summed E-state index contributed by atoms with van der Waals surface area (Å²) in [5.41, 5.74) is 0.115. The Morgan fingerprint density at radius 2 is 1.12 bits per heavy atom. The molecular formula is C50H72N2O26. The molecule has 17 N–H and O–H groups in total. The van der Waals surface area contributed by atoms with Crippen molar-refractivity contribution in [1.82, 2.24) is 10.6 Å². The normalized spacial score (nSPS) is 37.1. The van der Waals surface area contributed by atoms with E-state index in [1.54, 1.807) is 81.4 Å². The van der Waals surface area contributed by atoms with Gasteiger partial charge in [-0.15, -0.1) is 0 Å². The number of nitrogens with one attached hydrogen (secondary N) is 2. The summed E-state index contributed by atoms with van der Waals surface area (Å²) in [4.78, 5) is 53.8. The molecule has 6 rings (SSSR count). The van der Waals surface area contributed by atoms with Gasteiger partial charge in [0.15, 0.2) is 6.29 Å². The molecule has 4 aliphatic heterocycles. The third kappa shape index (κ3) is 14.0. The largest absolute Gasteiger partial charge is 0.477 e. The number of aliphatic carboxylic acids is 2. The van der Waals surface area contributed by atoms with Crippen LogP contribution in [0, 0.1) is 5.41 Å². The minimum atomic E-state index is -3.36. The lowest BCUT2D eigenvalue weighted by Crippen LogP contribution is -2.72. The van der Waals surface area contributed by atoms with Crippen LogP contribution in [-0.2, 0) is 65.2 Å². The lowest BCUT2D eigenvalue weighted by molar-refractivity contribution is -0.384. The smallest absolute Gasteiger partial charge is 0.364 e. The molecule has 28 heteroatoms. The number of carboxylic acids is 2. The highest BCUT2D eigenvalue weighted by Crippen LogP contribution is 2.41. The summed E-state index contributed by atoms with van der Waals surface area (Å²) in [7, 11) is 0. The zero-order valence-corrected chi connectivity index (χ0v) is 42.7. The third-order valence-corrected chi connectivity index (χ3v) is 14.2. The summed E-state index contributed by atoms with van der Waals surface area (Å²) in [6.45, 7) is 0.536. The molecule has 438 valence electrons. The summed E-state index contributed by atoms with van der Waals surface area (Å²) < 4.78 is 40.7. The van der Waals surface area contributed by atoms with Gasteiger partial charge < -0.3 is 120 Å². The second kappa shape index (κ2) is 26.4. The number of amides is 2. The fraction of sp³-hybridized carbons (Fsp3) is 0.680. The first-order chi connectivity index (χ1) is 36.7. The van der Waals surface area contributed by atoms with E-state index >= 15 is 0 Å². The minimum Gasteiger partial charge on any atom is -0.477 e. The second-order valence-corrected chi connectivity index (χ2v) is 20.9. The van der Waals surface area contributed by atoms with Crippen molar-refractivity contribution in [3.05, 3.63) is 71.8 Å². The molecule has 4 heterocycles. The van der Waals surface area contributed by atoms with Crippen molar-refractivity contribution in [3.63, 3.8) is 0 Å². The first kappa shape index (κ1) is 62.7. The number of aliphatic hydroxyl groups is 13. The molecule has 4 aliphatic rings. The number of rotatable bonds is 22. The maximum Gasteiger partial charge on any atom is 0.364 e. The standard InChI is InChI=1S/C50H72N2O26/c1-48(2,3)44-38(66)37(65)40(29(21-56)72-44)74-45-39(67)43(35(63)27(19-54)73-45)78-50(47(70)71)17-25(58)33(52-31(61)15-23-12-8-5-9-13-23)42(77-50)36(64)28(20-55)75-49(46(68)69)16-24(57)32(41(76-49)34(62)26(59)18-53)51-30(60)14-22-10-6-4-7-11-22/h4-13,24-29,32-45,53-59,62-67H,14-21H2,1-3H3,(H,51,60)(H,52,61)(H,68,69)(H,70,71)/t24?,25?,26-,27?,28-,29?,32-,33-,34-,35+,36-,37?,38?,39?,40-,41?,42?,43?,44-,45+,49-,50+/m1/s1. The molecule has 2 aromatic carbocycles. The van der Waals surface area contributed by atoms with Crippen molar-refractivity contribution in [2.24, 2.45) is 5.41 Å². The molecule has 0 aromatic heterocycles. The van der Waals surface area contributed by atoms with E-state index in [0.717, 1.165) is 0 Å². The Morgan fingerprint density at radius 1 is 0.628 bits per heavy atom. The molecule has 0 spiro atoms. The van der Waals surface area contributed by atoms with Crippen LogP contribution >= 0.6 is 0 Å². The van der Waals surface area contributed by atoms with Crippen LogP contribution in [0.5, 0.6) is 0 Å². The van der Waals surface area contributed by atoms with Crippen LogP contribution in [0.2, 0.25) is 0 Å². The van der Waals surface area contributed by atoms with E-state index in [-0.39, 0.29) is 6.42 Å². The molecular weight excluding hydrogens is 1040 g/mol. The number of ether oxygens (including phenoxy) is 7. The van der Waals surface area contributed by atoms with Crippen LogP contribution in [-0.4, -0.2) is 260 Å². The van der Waals surface area contributed by atoms with Crippen molar-refractivity contribution >= 4 is 23.8 Å². The van der Waals surface area contributed by atoms with Gasteiger partial charge >= 0.3 is 11.9 Å². The fourth-order valence-electron chi connectivity index (χ4n) is 10.1. The lowest BCUT2D eigenvalue weighted by Gasteiger charge is -2.52. The van der Waals surface area contributed by atoms with Gasteiger partial charge in [0.2, 0.25) is 11.8 Å². The number of benzene rings is 2. The maximum atomic E-state index is 13.7. The molecule has 28 nitrogen and oxygen atoms in total. The molecule has 0 aliphatic carbocycles. The lowest BCUT2D eigenvalue weighted by atomic mass is 9.80. The van der Waals surface area contributed by atoms with Crippen molar-refractivity contribution < 1.29 is 129 Å². The number of carbonyl (C=O) groups excluding carboxylic acids is 2. The van der Waals surface area contributed by atoms with Gasteiger partial charge in [0, 0.05) is 12.8 Å². The Morgan fingerprint density at radius 3 is 1.58 bits per heavy atom. The molecule has 0 radical (unpaired) electrons. The molecule has 10 unspecified atom stereocenters. The summed E-state index contributed by atoms with van der Waals surface area (Å²) >= 11 is 0. The van der Waals surface area contributed by atoms with Crippen LogP contribution in [0.15, 0.2) is 60.7 Å². The minimum absolute atomic E-state index is 0.302. The topological polar surface area (TPSA) is 460 Å². The average molecular weight is 1120 g/mol. The Hall–Kier alpha value is -4.48. The molecule has 2 aromatic rings. The molecule has 78 heavy (non-hydrogen) atoms. The second-order valence-electron chi connectivity index (χ2n) is 20.9. The first-order valence-electron chi connectivity index (χ1n) is 25.1. The van der Waals surface area contributed by atoms with Crippen LogP contribution in [0.1, 0.15) is 44.7 Å². The van der Waals surface area contributed by atoms with Gasteiger partial charge in [-0.1, -0.05) is 81.4 Å². The summed E-state index contributed by atoms with van der Waals surface area (Å²) in [6, 6.07) is 12.4. The number of hydrogen-bond donors (Lipinski definition) is 17. The zero-order chi connectivity index (χ0) is 57.6. The van der Waals surface area contributed by atoms with Crippen molar-refractivity contribution in [2.75, 3.05) is 26.4 Å². The molecule has 2 amide bonds. The van der Waals surface area contributed by atoms with Gasteiger partial charge in [0.25, 0.3) is 11.6 Å². The van der Waals surface area contributed by atoms with E-state index in [9.17, 15) is 95.8 Å². The SMILES string of the molecule is CC(C)(C)[C@@H]1OC(CO)[C@@H](O[C@@H]2OC(CO)[C@H](O)C(O[C@]3(C(=O)O)CC(O)[C@@H](NC(=O)Cc4ccccc4)C([C@H](O)[C@@H](CO)O[C@]4(C(=O)O)CC(O)[C@@H](NC(=O)Cc5ccccc5)C([C@H](O)[C@H](O)CO)O4)O3)C2O)C(O)C1O. The van der Waals surface area contributed by atoms with Gasteiger partial charge in [-0.25, -0.2) is 9.59 Å². The van der Waals surface area contributed by atoms with E-state index in [2.05, 4.69) is 10.6 Å². The summed E-state index contributed by atoms with van der Waals surface area (Å²) in [6.07, 6.45) is -39.8. The van der Waals surface area contributed by atoms with Crippen LogP contribution in [0.25, 0.3) is 0 Å². The molecule has 0 saturated carbocycles. The van der Waals surface area contributed by atoms with Crippen molar-refractivity contribution in [3.8, 4) is 0 Å². The van der Waals surface area contributed by atoms with Crippen LogP contribution in [0.3, 0.4) is 0 Å². The first-order valence-corrected chi connectivity index (χ1v) is 25.1. The van der Waals surface area contributed by atoms with E-state index in [1.807, 2.05) is 0 Å². The predicted molar refractivity (Wildman–Crippen MR) is 258 cm³/mol. The van der Waals surface area contributed by atoms with E-state index in [0.29, 0.717) is 11.1 Å². The Labute approximate surface area is 446 Å². The Bertz CT molecular complexity index is 2280. The van der Waals surface area contributed by atoms with E-state index in [1.165, 1.54) is 0 Å². The third-order valence-electron chi connectivity index (χ3n) is 14.2. The maximum absolute atomic E-state index is 13.7. The van der Waals surface area contributed by atoms with Gasteiger partial charge in [-0.3, -0.25) is 9.59 Å². The fourth-order valence-corrected chi connectivity index (χ4v) is 10.1. The number of aliphatic hydroxyl groups excluding tert-OH is 13. The number of carbonyl (C=O) groups is 4. The van der Waals surface area contributed by atoms with Gasteiger partial charge in [0.05, 0.1) is 69.7 Å². The van der Waals surface area contributed by atoms with Crippen molar-refractivity contribution in [1.29, 1.82) is 0 Å². The predicted octanol–water partition coefficient (Wildman–Crippen LogP) is -6.51. The van der Waals surface area contributed by atoms with Gasteiger partial charge in [0.1, 0.15) is 85.5 Å². The van der Waals surface area contributed by atoms with E-state index < -0.39 is 209 Å². The molecule has 22 atom stereocenters. The molecule has 4 fully saturated rings. The van der Waals surface area contributed by atoms with Gasteiger partial charge in [-0.2, -0.15) is 0 Å². The van der Waals surface area contributed by atoms with E-state index in [4.69, 9.17) is 33.2 Å². The highest BCUT2D eigenvalue weighted by Gasteiger charge is 2.62. The summed E-state index contributed by atoms with van der Waals surface area (Å²) in [5, 5.41) is 171. The zero-order valence-electron chi connectivity index (χ0n) is 42.7. The molecule has 4 saturated heterocycles. The highest BCUT2D eigenvalue weighted by molar-refractivity contribution is 5.80. The monoisotopic (exact) mass is 1120 g/mol. The Kier molecular flexibility index (Phi) is 21.2. The number of hydrogen-bond acceptors (Lipinski definition) is 24. The average Bonchev–Trinajstić information content (AvgIpc) is 3.49. The van der Waals surface area contributed by atoms with Crippen LogP contribution in [0.4, 0.5) is 0 Å².